The van der Waals surface area contributed by atoms with Crippen molar-refractivity contribution in [3.05, 3.63) is 60.7 Å². The molecule has 0 aliphatic rings. The second kappa shape index (κ2) is 9.25. The van der Waals surface area contributed by atoms with E-state index < -0.39 is 19.5 Å². The van der Waals surface area contributed by atoms with Crippen LogP contribution in [-0.4, -0.2) is 18.3 Å². The second-order valence-corrected chi connectivity index (χ2v) is 6.03. The van der Waals surface area contributed by atoms with Crippen molar-refractivity contribution in [3.8, 4) is 17.6 Å². The number of carbonyl (C=O) groups excluding carboxylic acids is 1. The summed E-state index contributed by atoms with van der Waals surface area (Å²) in [4.78, 5) is 11.6. The second-order valence-electron chi connectivity index (χ2n) is 4.61. The van der Waals surface area contributed by atoms with E-state index in [9.17, 15) is 9.36 Å². The highest BCUT2D eigenvalue weighted by Crippen LogP contribution is 2.49. The highest BCUT2D eigenvalue weighted by molar-refractivity contribution is 7.49. The van der Waals surface area contributed by atoms with Crippen LogP contribution < -0.4 is 9.05 Å². The van der Waals surface area contributed by atoms with Crippen LogP contribution in [0.25, 0.3) is 0 Å². The molecular formula is C17H15N2O6P. The molecule has 0 saturated heterocycles. The molecule has 0 heterocycles. The summed E-state index contributed by atoms with van der Waals surface area (Å²) in [6, 6.07) is 17.7. The third-order valence-electron chi connectivity index (χ3n) is 2.73. The Morgan fingerprint density at radius 2 is 1.54 bits per heavy atom. The van der Waals surface area contributed by atoms with E-state index in [4.69, 9.17) is 18.9 Å². The van der Waals surface area contributed by atoms with Gasteiger partial charge in [-0.15, -0.1) is 0 Å². The Hall–Kier alpha value is -3.30. The Labute approximate surface area is 150 Å². The van der Waals surface area contributed by atoms with Gasteiger partial charge in [-0.2, -0.15) is 9.83 Å². The zero-order valence-corrected chi connectivity index (χ0v) is 14.7. The summed E-state index contributed by atoms with van der Waals surface area (Å²) in [5, 5.41) is 12.3. The molecule has 0 aliphatic heterocycles. The Bertz CT molecular complexity index is 803. The van der Waals surface area contributed by atoms with Crippen molar-refractivity contribution in [2.45, 2.75) is 6.92 Å². The number of hydrogen-bond acceptors (Lipinski definition) is 8. The molecule has 0 amide bonds. The fourth-order valence-electron chi connectivity index (χ4n) is 1.67. The third-order valence-corrected chi connectivity index (χ3v) is 3.88. The van der Waals surface area contributed by atoms with E-state index in [2.05, 4.69) is 9.89 Å². The van der Waals surface area contributed by atoms with Gasteiger partial charge in [0.1, 0.15) is 17.6 Å². The molecule has 0 N–H and O–H groups in total. The van der Waals surface area contributed by atoms with Crippen molar-refractivity contribution < 1.29 is 27.8 Å². The summed E-state index contributed by atoms with van der Waals surface area (Å²) >= 11 is 0. The normalized spacial score (nSPS) is 11.2. The number of nitriles is 1. The number of nitrogens with zero attached hydrogens (tertiary/aromatic N) is 2. The van der Waals surface area contributed by atoms with Crippen molar-refractivity contribution in [3.63, 3.8) is 0 Å². The van der Waals surface area contributed by atoms with Gasteiger partial charge in [0.2, 0.25) is 0 Å². The highest BCUT2D eigenvalue weighted by atomic mass is 31.2. The van der Waals surface area contributed by atoms with Crippen LogP contribution in [-0.2, 0) is 18.7 Å². The number of rotatable bonds is 8. The van der Waals surface area contributed by atoms with E-state index in [1.54, 1.807) is 43.3 Å². The van der Waals surface area contributed by atoms with Crippen molar-refractivity contribution in [2.24, 2.45) is 5.16 Å². The summed E-state index contributed by atoms with van der Waals surface area (Å²) in [5.41, 5.74) is -0.722. The Balaban J connectivity index is 2.26. The SMILES string of the molecule is CCOC(=O)/C(C#N)=N/OP(=O)(Oc1ccccc1)Oc1ccccc1. The summed E-state index contributed by atoms with van der Waals surface area (Å²) in [7, 11) is -4.34. The summed E-state index contributed by atoms with van der Waals surface area (Å²) in [6.45, 7) is 1.61. The average Bonchev–Trinajstić information content (AvgIpc) is 2.64. The predicted octanol–water partition coefficient (Wildman–Crippen LogP) is 3.71. The fourth-order valence-corrected chi connectivity index (χ4v) is 2.71. The van der Waals surface area contributed by atoms with E-state index in [1.165, 1.54) is 30.3 Å². The molecule has 0 bridgehead atoms. The standard InChI is InChI=1S/C17H15N2O6P/c1-2-22-17(20)16(13-18)19-25-26(21,23-14-9-5-3-6-10-14)24-15-11-7-4-8-12-15/h3-12H,2H2,1H3/b19-16+. The van der Waals surface area contributed by atoms with Crippen molar-refractivity contribution in [1.82, 2.24) is 0 Å². The van der Waals surface area contributed by atoms with Crippen LogP contribution in [0.1, 0.15) is 6.92 Å². The first kappa shape index (κ1) is 19.0. The predicted molar refractivity (Wildman–Crippen MR) is 92.5 cm³/mol. The molecule has 0 fully saturated rings. The van der Waals surface area contributed by atoms with Crippen LogP contribution in [0, 0.1) is 11.3 Å². The summed E-state index contributed by atoms with van der Waals surface area (Å²) < 4.78 is 33.0. The number of esters is 1. The van der Waals surface area contributed by atoms with Crippen LogP contribution in [0.2, 0.25) is 0 Å². The van der Waals surface area contributed by atoms with E-state index in [0.717, 1.165) is 0 Å². The first-order valence-corrected chi connectivity index (χ1v) is 8.95. The maximum atomic E-state index is 12.9. The fraction of sp³-hybridized carbons (Fsp3) is 0.118. The lowest BCUT2D eigenvalue weighted by Crippen LogP contribution is -2.16. The zero-order valence-electron chi connectivity index (χ0n) is 13.8. The van der Waals surface area contributed by atoms with Crippen molar-refractivity contribution in [1.29, 1.82) is 5.26 Å². The van der Waals surface area contributed by atoms with Gasteiger partial charge in [-0.1, -0.05) is 41.6 Å². The van der Waals surface area contributed by atoms with Gasteiger partial charge in [0.05, 0.1) is 6.61 Å². The molecule has 26 heavy (non-hydrogen) atoms. The molecule has 0 atom stereocenters. The molecule has 2 rings (SSSR count). The number of benzene rings is 2. The number of phosphoric ester groups is 1. The van der Waals surface area contributed by atoms with Crippen LogP contribution in [0.3, 0.4) is 0 Å². The van der Waals surface area contributed by atoms with E-state index in [0.29, 0.717) is 0 Å². The largest absolute Gasteiger partial charge is 0.668 e. The third kappa shape index (κ3) is 5.65. The number of para-hydroxylation sites is 2. The monoisotopic (exact) mass is 374 g/mol. The molecule has 8 nitrogen and oxygen atoms in total. The molecule has 0 saturated carbocycles. The molecular weight excluding hydrogens is 359 g/mol. The van der Waals surface area contributed by atoms with Gasteiger partial charge >= 0.3 is 13.8 Å². The molecule has 0 aliphatic carbocycles. The summed E-state index contributed by atoms with van der Waals surface area (Å²) in [5.74, 6) is -0.630. The minimum atomic E-state index is -4.34. The maximum Gasteiger partial charge on any atom is 0.668 e. The molecule has 0 spiro atoms. The van der Waals surface area contributed by atoms with Gasteiger partial charge in [0, 0.05) is 0 Å². The van der Waals surface area contributed by atoms with Crippen molar-refractivity contribution in [2.75, 3.05) is 6.61 Å². The van der Waals surface area contributed by atoms with E-state index in [-0.39, 0.29) is 18.1 Å². The number of oxime groups is 1. The van der Waals surface area contributed by atoms with Gasteiger partial charge in [-0.25, -0.2) is 4.79 Å². The van der Waals surface area contributed by atoms with Crippen LogP contribution in [0.4, 0.5) is 0 Å². The van der Waals surface area contributed by atoms with Crippen molar-refractivity contribution >= 4 is 19.5 Å². The summed E-state index contributed by atoms with van der Waals surface area (Å²) in [6.07, 6.45) is 0. The Kier molecular flexibility index (Phi) is 6.77. The zero-order chi connectivity index (χ0) is 18.8. The lowest BCUT2D eigenvalue weighted by molar-refractivity contribution is -0.135. The first-order chi connectivity index (χ1) is 12.6. The highest BCUT2D eigenvalue weighted by Gasteiger charge is 2.34. The maximum absolute atomic E-state index is 12.9. The average molecular weight is 374 g/mol. The quantitative estimate of drug-likeness (QED) is 0.300. The number of ether oxygens (including phenoxy) is 1. The molecule has 2 aromatic carbocycles. The van der Waals surface area contributed by atoms with Crippen LogP contribution in [0.15, 0.2) is 65.8 Å². The molecule has 0 radical (unpaired) electrons. The lowest BCUT2D eigenvalue weighted by Gasteiger charge is -2.16. The lowest BCUT2D eigenvalue weighted by atomic mass is 10.3. The smallest absolute Gasteiger partial charge is 0.461 e. The van der Waals surface area contributed by atoms with Gasteiger partial charge < -0.3 is 13.8 Å². The Morgan fingerprint density at radius 3 is 1.96 bits per heavy atom. The molecule has 0 unspecified atom stereocenters. The van der Waals surface area contributed by atoms with Crippen LogP contribution >= 0.6 is 7.82 Å². The Morgan fingerprint density at radius 1 is 1.04 bits per heavy atom. The topological polar surface area (TPSA) is 107 Å². The molecule has 0 aromatic heterocycles. The minimum Gasteiger partial charge on any atom is -0.461 e. The van der Waals surface area contributed by atoms with Gasteiger partial charge in [0.25, 0.3) is 5.71 Å². The number of carbonyl (C=O) groups is 1. The molecule has 9 heteroatoms. The minimum absolute atomic E-state index is 0.0399. The molecule has 134 valence electrons. The van der Waals surface area contributed by atoms with E-state index in [1.807, 2.05) is 0 Å². The van der Waals surface area contributed by atoms with Gasteiger partial charge in [0.15, 0.2) is 0 Å². The first-order valence-electron chi connectivity index (χ1n) is 7.49. The van der Waals surface area contributed by atoms with E-state index >= 15 is 0 Å². The molecule has 2 aromatic rings. The number of phosphoric acid groups is 1. The van der Waals surface area contributed by atoms with Crippen LogP contribution in [0.5, 0.6) is 11.5 Å². The van der Waals surface area contributed by atoms with Gasteiger partial charge in [-0.3, -0.25) is 4.62 Å². The number of hydrogen-bond donors (Lipinski definition) is 0. The van der Waals surface area contributed by atoms with Gasteiger partial charge in [-0.05, 0) is 31.2 Å².